The van der Waals surface area contributed by atoms with E-state index in [1.54, 1.807) is 29.6 Å². The summed E-state index contributed by atoms with van der Waals surface area (Å²) in [5.74, 6) is 0.999. The highest BCUT2D eigenvalue weighted by molar-refractivity contribution is 7.13. The summed E-state index contributed by atoms with van der Waals surface area (Å²) >= 11 is 7.37. The van der Waals surface area contributed by atoms with Crippen LogP contribution >= 0.6 is 22.9 Å². The lowest BCUT2D eigenvalue weighted by molar-refractivity contribution is 0.102. The normalized spacial score (nSPS) is 10.8. The van der Waals surface area contributed by atoms with E-state index in [2.05, 4.69) is 24.1 Å². The lowest BCUT2D eigenvalue weighted by atomic mass is 10.2. The van der Waals surface area contributed by atoms with Gasteiger partial charge in [-0.2, -0.15) is 0 Å². The fourth-order valence-corrected chi connectivity index (χ4v) is 3.24. The molecule has 2 aromatic carbocycles. The minimum Gasteiger partial charge on any atom is -0.493 e. The zero-order chi connectivity index (χ0) is 18.5. The number of carbonyl (C=O) groups is 1. The van der Waals surface area contributed by atoms with Crippen molar-refractivity contribution in [3.63, 3.8) is 0 Å². The van der Waals surface area contributed by atoms with Gasteiger partial charge in [-0.15, -0.1) is 11.3 Å². The monoisotopic (exact) mass is 386 g/mol. The number of amides is 1. The molecule has 26 heavy (non-hydrogen) atoms. The van der Waals surface area contributed by atoms with E-state index in [1.807, 2.05) is 24.3 Å². The van der Waals surface area contributed by atoms with Crippen LogP contribution in [0.5, 0.6) is 5.75 Å². The smallest absolute Gasteiger partial charge is 0.275 e. The zero-order valence-electron chi connectivity index (χ0n) is 14.5. The Labute approximate surface area is 161 Å². The fourth-order valence-electron chi connectivity index (χ4n) is 2.25. The fraction of sp³-hybridized carbons (Fsp3) is 0.200. The van der Waals surface area contributed by atoms with Gasteiger partial charge in [-0.25, -0.2) is 4.98 Å². The van der Waals surface area contributed by atoms with Crippen molar-refractivity contribution in [2.75, 3.05) is 11.9 Å². The standard InChI is InChI=1S/C20H19ClN2O2S/c1-13(2)11-25-17-8-3-5-14(9-17)20-23-18(12-26-20)19(24)22-16-7-4-6-15(21)10-16/h3-10,12-13H,11H2,1-2H3,(H,22,24). The van der Waals surface area contributed by atoms with Crippen LogP contribution in [0.2, 0.25) is 5.02 Å². The van der Waals surface area contributed by atoms with E-state index in [0.717, 1.165) is 16.3 Å². The molecule has 0 unspecified atom stereocenters. The van der Waals surface area contributed by atoms with Crippen LogP contribution in [0.3, 0.4) is 0 Å². The molecule has 0 aliphatic rings. The summed E-state index contributed by atoms with van der Waals surface area (Å²) in [4.78, 5) is 16.8. The molecular formula is C20H19ClN2O2S. The van der Waals surface area contributed by atoms with Crippen molar-refractivity contribution in [2.45, 2.75) is 13.8 Å². The number of rotatable bonds is 6. The summed E-state index contributed by atoms with van der Waals surface area (Å²) in [6, 6.07) is 14.8. The van der Waals surface area contributed by atoms with Crippen LogP contribution < -0.4 is 10.1 Å². The summed E-state index contributed by atoms with van der Waals surface area (Å²) in [6.07, 6.45) is 0. The number of aromatic nitrogens is 1. The van der Waals surface area contributed by atoms with E-state index in [1.165, 1.54) is 11.3 Å². The van der Waals surface area contributed by atoms with Crippen LogP contribution in [-0.4, -0.2) is 17.5 Å². The van der Waals surface area contributed by atoms with E-state index in [9.17, 15) is 4.79 Å². The minimum absolute atomic E-state index is 0.262. The number of benzene rings is 2. The number of ether oxygens (including phenoxy) is 1. The average Bonchev–Trinajstić information content (AvgIpc) is 3.10. The molecule has 134 valence electrons. The highest BCUT2D eigenvalue weighted by Gasteiger charge is 2.13. The number of hydrogen-bond acceptors (Lipinski definition) is 4. The first-order valence-electron chi connectivity index (χ1n) is 8.27. The Bertz CT molecular complexity index is 908. The molecule has 3 rings (SSSR count). The average molecular weight is 387 g/mol. The molecule has 0 aliphatic heterocycles. The van der Waals surface area contributed by atoms with Crippen LogP contribution in [0.1, 0.15) is 24.3 Å². The van der Waals surface area contributed by atoms with Gasteiger partial charge < -0.3 is 10.1 Å². The predicted octanol–water partition coefficient (Wildman–Crippen LogP) is 5.75. The number of halogens is 1. The number of hydrogen-bond donors (Lipinski definition) is 1. The van der Waals surface area contributed by atoms with Crippen molar-refractivity contribution in [3.05, 3.63) is 64.6 Å². The van der Waals surface area contributed by atoms with Gasteiger partial charge in [0.15, 0.2) is 0 Å². The first-order chi connectivity index (χ1) is 12.5. The topological polar surface area (TPSA) is 51.2 Å². The molecule has 0 atom stereocenters. The summed E-state index contributed by atoms with van der Waals surface area (Å²) in [5.41, 5.74) is 1.94. The molecule has 0 aliphatic carbocycles. The van der Waals surface area contributed by atoms with Crippen molar-refractivity contribution in [2.24, 2.45) is 5.92 Å². The van der Waals surface area contributed by atoms with Crippen molar-refractivity contribution in [3.8, 4) is 16.3 Å². The highest BCUT2D eigenvalue weighted by Crippen LogP contribution is 2.27. The van der Waals surface area contributed by atoms with Crippen molar-refractivity contribution in [1.82, 2.24) is 4.98 Å². The van der Waals surface area contributed by atoms with Gasteiger partial charge in [0.2, 0.25) is 0 Å². The third-order valence-electron chi connectivity index (χ3n) is 3.48. The first kappa shape index (κ1) is 18.4. The van der Waals surface area contributed by atoms with Crippen molar-refractivity contribution >= 4 is 34.5 Å². The molecular weight excluding hydrogens is 368 g/mol. The quantitative estimate of drug-likeness (QED) is 0.586. The SMILES string of the molecule is CC(C)COc1cccc(-c2nc(C(=O)Nc3cccc(Cl)c3)cs2)c1. The Morgan fingerprint density at radius 2 is 2.04 bits per heavy atom. The molecule has 0 saturated carbocycles. The molecule has 0 spiro atoms. The van der Waals surface area contributed by atoms with Gasteiger partial charge >= 0.3 is 0 Å². The van der Waals surface area contributed by atoms with Crippen molar-refractivity contribution < 1.29 is 9.53 Å². The molecule has 0 saturated heterocycles. The lowest BCUT2D eigenvalue weighted by Crippen LogP contribution is -2.12. The molecule has 6 heteroatoms. The van der Waals surface area contributed by atoms with Gasteiger partial charge in [-0.1, -0.05) is 43.6 Å². The lowest BCUT2D eigenvalue weighted by Gasteiger charge is -2.09. The van der Waals surface area contributed by atoms with Crippen LogP contribution in [-0.2, 0) is 0 Å². The molecule has 4 nitrogen and oxygen atoms in total. The third kappa shape index (κ3) is 4.84. The van der Waals surface area contributed by atoms with Gasteiger partial charge in [-0.05, 0) is 36.2 Å². The Morgan fingerprint density at radius 1 is 1.23 bits per heavy atom. The zero-order valence-corrected chi connectivity index (χ0v) is 16.1. The van der Waals surface area contributed by atoms with E-state index < -0.39 is 0 Å². The molecule has 0 radical (unpaired) electrons. The Balaban J connectivity index is 1.73. The van der Waals surface area contributed by atoms with Crippen molar-refractivity contribution in [1.29, 1.82) is 0 Å². The number of anilines is 1. The maximum absolute atomic E-state index is 12.4. The minimum atomic E-state index is -0.262. The van der Waals surface area contributed by atoms with Gasteiger partial charge in [-0.3, -0.25) is 4.79 Å². The van der Waals surface area contributed by atoms with E-state index in [-0.39, 0.29) is 5.91 Å². The van der Waals surface area contributed by atoms with Crippen LogP contribution in [0, 0.1) is 5.92 Å². The number of nitrogens with zero attached hydrogens (tertiary/aromatic N) is 1. The van der Waals surface area contributed by atoms with Gasteiger partial charge in [0, 0.05) is 21.7 Å². The second-order valence-electron chi connectivity index (χ2n) is 6.24. The second kappa shape index (κ2) is 8.34. The molecule has 1 heterocycles. The van der Waals surface area contributed by atoms with Gasteiger partial charge in [0.05, 0.1) is 6.61 Å². The van der Waals surface area contributed by atoms with Crippen LogP contribution in [0.15, 0.2) is 53.9 Å². The number of carbonyl (C=O) groups excluding carboxylic acids is 1. The molecule has 0 bridgehead atoms. The second-order valence-corrected chi connectivity index (χ2v) is 7.53. The maximum Gasteiger partial charge on any atom is 0.275 e. The Hall–Kier alpha value is -2.37. The molecule has 1 amide bonds. The van der Waals surface area contributed by atoms with E-state index in [0.29, 0.717) is 28.9 Å². The number of nitrogens with one attached hydrogen (secondary N) is 1. The Kier molecular flexibility index (Phi) is 5.91. The van der Waals surface area contributed by atoms with E-state index >= 15 is 0 Å². The van der Waals surface area contributed by atoms with Gasteiger partial charge in [0.1, 0.15) is 16.5 Å². The first-order valence-corrected chi connectivity index (χ1v) is 9.52. The summed E-state index contributed by atoms with van der Waals surface area (Å²) in [5, 5.41) is 5.89. The third-order valence-corrected chi connectivity index (χ3v) is 4.61. The largest absolute Gasteiger partial charge is 0.493 e. The molecule has 3 aromatic rings. The van der Waals surface area contributed by atoms with Crippen LogP contribution in [0.25, 0.3) is 10.6 Å². The maximum atomic E-state index is 12.4. The summed E-state index contributed by atoms with van der Waals surface area (Å²) in [6.45, 7) is 4.87. The highest BCUT2D eigenvalue weighted by atomic mass is 35.5. The summed E-state index contributed by atoms with van der Waals surface area (Å²) < 4.78 is 5.76. The predicted molar refractivity (Wildman–Crippen MR) is 107 cm³/mol. The molecule has 0 fully saturated rings. The van der Waals surface area contributed by atoms with Gasteiger partial charge in [0.25, 0.3) is 5.91 Å². The number of thiazole rings is 1. The summed E-state index contributed by atoms with van der Waals surface area (Å²) in [7, 11) is 0. The molecule has 1 N–H and O–H groups in total. The Morgan fingerprint density at radius 3 is 2.81 bits per heavy atom. The molecule has 1 aromatic heterocycles. The van der Waals surface area contributed by atoms with Crippen LogP contribution in [0.4, 0.5) is 5.69 Å². The van der Waals surface area contributed by atoms with E-state index in [4.69, 9.17) is 16.3 Å².